The van der Waals surface area contributed by atoms with E-state index in [1.165, 1.54) is 6.20 Å². The second-order valence-corrected chi connectivity index (χ2v) is 5.56. The first-order valence-electron chi connectivity index (χ1n) is 7.17. The number of pyridine rings is 1. The van der Waals surface area contributed by atoms with Gasteiger partial charge in [0.1, 0.15) is 5.15 Å². The maximum absolute atomic E-state index is 12.3. The minimum atomic E-state index is -0.134. The molecule has 1 fully saturated rings. The van der Waals surface area contributed by atoms with Crippen molar-refractivity contribution in [3.8, 4) is 0 Å². The Morgan fingerprint density at radius 1 is 1.27 bits per heavy atom. The number of carbonyl (C=O) groups is 1. The van der Waals surface area contributed by atoms with Crippen molar-refractivity contribution >= 4 is 23.5 Å². The molecule has 1 amide bonds. The Morgan fingerprint density at radius 2 is 2.09 bits per heavy atom. The maximum atomic E-state index is 12.3. The summed E-state index contributed by atoms with van der Waals surface area (Å²) in [6.45, 7) is 1.60. The summed E-state index contributed by atoms with van der Waals surface area (Å²) in [5.74, 6) is 0.568. The number of piperidine rings is 1. The van der Waals surface area contributed by atoms with Gasteiger partial charge < -0.3 is 10.2 Å². The van der Waals surface area contributed by atoms with E-state index in [9.17, 15) is 4.79 Å². The van der Waals surface area contributed by atoms with E-state index in [1.807, 2.05) is 0 Å². The van der Waals surface area contributed by atoms with Gasteiger partial charge in [-0.15, -0.1) is 0 Å². The number of hydrogen-bond acceptors (Lipinski definition) is 5. The van der Waals surface area contributed by atoms with Gasteiger partial charge in [-0.2, -0.15) is 0 Å². The van der Waals surface area contributed by atoms with E-state index in [2.05, 4.69) is 25.2 Å². The van der Waals surface area contributed by atoms with Crippen LogP contribution in [0.1, 0.15) is 23.2 Å². The molecule has 3 rings (SSSR count). The molecule has 0 saturated carbocycles. The van der Waals surface area contributed by atoms with Crippen LogP contribution >= 0.6 is 11.6 Å². The highest BCUT2D eigenvalue weighted by Gasteiger charge is 2.23. The van der Waals surface area contributed by atoms with Crippen LogP contribution in [-0.2, 0) is 0 Å². The van der Waals surface area contributed by atoms with Gasteiger partial charge in [0.25, 0.3) is 5.91 Å². The van der Waals surface area contributed by atoms with E-state index in [-0.39, 0.29) is 11.9 Å². The van der Waals surface area contributed by atoms with Crippen LogP contribution in [-0.4, -0.2) is 40.0 Å². The van der Waals surface area contributed by atoms with Gasteiger partial charge in [0.05, 0.1) is 0 Å². The van der Waals surface area contributed by atoms with Crippen molar-refractivity contribution in [3.05, 3.63) is 47.5 Å². The second kappa shape index (κ2) is 6.70. The molecule has 1 aliphatic heterocycles. The first kappa shape index (κ1) is 14.7. The van der Waals surface area contributed by atoms with Crippen LogP contribution in [0.5, 0.6) is 0 Å². The van der Waals surface area contributed by atoms with Gasteiger partial charge in [-0.1, -0.05) is 11.6 Å². The summed E-state index contributed by atoms with van der Waals surface area (Å²) in [6.07, 6.45) is 6.91. The number of anilines is 1. The fourth-order valence-corrected chi connectivity index (χ4v) is 2.72. The molecule has 6 nitrogen and oxygen atoms in total. The molecule has 2 aromatic rings. The van der Waals surface area contributed by atoms with Crippen LogP contribution in [0, 0.1) is 0 Å². The van der Waals surface area contributed by atoms with Crippen LogP contribution in [0.4, 0.5) is 5.95 Å². The van der Waals surface area contributed by atoms with E-state index >= 15 is 0 Å². The lowest BCUT2D eigenvalue weighted by molar-refractivity contribution is 0.0933. The van der Waals surface area contributed by atoms with Gasteiger partial charge in [0.2, 0.25) is 5.95 Å². The van der Waals surface area contributed by atoms with Crippen LogP contribution in [0.2, 0.25) is 5.15 Å². The molecule has 2 aromatic heterocycles. The number of aromatic nitrogens is 3. The number of rotatable bonds is 3. The van der Waals surface area contributed by atoms with E-state index in [4.69, 9.17) is 11.6 Å². The van der Waals surface area contributed by atoms with E-state index in [0.717, 1.165) is 19.4 Å². The largest absolute Gasteiger partial charge is 0.348 e. The quantitative estimate of drug-likeness (QED) is 0.876. The number of carbonyl (C=O) groups excluding carboxylic acids is 1. The molecule has 0 aliphatic carbocycles. The molecule has 1 unspecified atom stereocenters. The number of nitrogens with one attached hydrogen (secondary N) is 1. The number of hydrogen-bond donors (Lipinski definition) is 1. The second-order valence-electron chi connectivity index (χ2n) is 5.17. The molecule has 1 aliphatic rings. The van der Waals surface area contributed by atoms with Gasteiger partial charge in [-0.25, -0.2) is 15.0 Å². The number of halogens is 1. The first-order valence-corrected chi connectivity index (χ1v) is 7.54. The average Bonchev–Trinajstić information content (AvgIpc) is 2.56. The predicted molar refractivity (Wildman–Crippen MR) is 84.0 cm³/mol. The molecule has 0 spiro atoms. The van der Waals surface area contributed by atoms with Crippen LogP contribution < -0.4 is 10.2 Å². The molecule has 114 valence electrons. The van der Waals surface area contributed by atoms with Crippen molar-refractivity contribution in [1.29, 1.82) is 0 Å². The van der Waals surface area contributed by atoms with Crippen LogP contribution in [0.15, 0.2) is 36.8 Å². The summed E-state index contributed by atoms with van der Waals surface area (Å²) < 4.78 is 0. The predicted octanol–water partition coefficient (Wildman–Crippen LogP) is 1.92. The number of amides is 1. The van der Waals surface area contributed by atoms with Crippen molar-refractivity contribution in [2.24, 2.45) is 0 Å². The highest BCUT2D eigenvalue weighted by Crippen LogP contribution is 2.16. The van der Waals surface area contributed by atoms with E-state index < -0.39 is 0 Å². The fourth-order valence-electron chi connectivity index (χ4n) is 2.54. The molecular formula is C15H16ClN5O. The zero-order chi connectivity index (χ0) is 15.4. The summed E-state index contributed by atoms with van der Waals surface area (Å²) in [7, 11) is 0. The monoisotopic (exact) mass is 317 g/mol. The third kappa shape index (κ3) is 3.51. The molecule has 1 atom stereocenters. The third-order valence-electron chi connectivity index (χ3n) is 3.58. The topological polar surface area (TPSA) is 71.0 Å². The van der Waals surface area contributed by atoms with Crippen molar-refractivity contribution < 1.29 is 4.79 Å². The zero-order valence-electron chi connectivity index (χ0n) is 11.9. The molecule has 7 heteroatoms. The molecule has 1 saturated heterocycles. The molecule has 0 bridgehead atoms. The summed E-state index contributed by atoms with van der Waals surface area (Å²) in [6, 6.07) is 5.08. The molecule has 0 aromatic carbocycles. The van der Waals surface area contributed by atoms with Crippen LogP contribution in [0.3, 0.4) is 0 Å². The highest BCUT2D eigenvalue weighted by atomic mass is 35.5. The van der Waals surface area contributed by atoms with Gasteiger partial charge in [-0.05, 0) is 31.0 Å². The zero-order valence-corrected chi connectivity index (χ0v) is 12.7. The fraction of sp³-hybridized carbons (Fsp3) is 0.333. The third-order valence-corrected chi connectivity index (χ3v) is 3.79. The Kier molecular flexibility index (Phi) is 4.48. The Morgan fingerprint density at radius 3 is 2.86 bits per heavy atom. The lowest BCUT2D eigenvalue weighted by atomic mass is 10.1. The molecular weight excluding hydrogens is 302 g/mol. The van der Waals surface area contributed by atoms with Crippen molar-refractivity contribution in [1.82, 2.24) is 20.3 Å². The minimum Gasteiger partial charge on any atom is -0.348 e. The first-order chi connectivity index (χ1) is 10.7. The lowest BCUT2D eigenvalue weighted by Crippen LogP contribution is -2.48. The lowest BCUT2D eigenvalue weighted by Gasteiger charge is -2.33. The van der Waals surface area contributed by atoms with Gasteiger partial charge >= 0.3 is 0 Å². The Hall–Kier alpha value is -2.21. The summed E-state index contributed by atoms with van der Waals surface area (Å²) in [5.41, 5.74) is 0.521. The summed E-state index contributed by atoms with van der Waals surface area (Å²) in [5, 5.41) is 3.35. The Bertz CT molecular complexity index is 651. The molecule has 3 heterocycles. The molecule has 1 N–H and O–H groups in total. The van der Waals surface area contributed by atoms with Crippen molar-refractivity contribution in [2.75, 3.05) is 18.0 Å². The van der Waals surface area contributed by atoms with Gasteiger partial charge in [0.15, 0.2) is 0 Å². The van der Waals surface area contributed by atoms with Crippen molar-refractivity contribution in [2.45, 2.75) is 18.9 Å². The molecule has 0 radical (unpaired) electrons. The van der Waals surface area contributed by atoms with E-state index in [1.54, 1.807) is 30.6 Å². The smallest absolute Gasteiger partial charge is 0.251 e. The Balaban J connectivity index is 1.64. The highest BCUT2D eigenvalue weighted by molar-refractivity contribution is 6.29. The molecule has 22 heavy (non-hydrogen) atoms. The maximum Gasteiger partial charge on any atom is 0.251 e. The van der Waals surface area contributed by atoms with E-state index in [0.29, 0.717) is 23.2 Å². The summed E-state index contributed by atoms with van der Waals surface area (Å²) in [4.78, 5) is 26.8. The SMILES string of the molecule is O=C(NC1CCCN(c2ncccn2)C1)c1ccnc(Cl)c1. The van der Waals surface area contributed by atoms with Crippen molar-refractivity contribution in [3.63, 3.8) is 0 Å². The standard InChI is InChI=1S/C15H16ClN5O/c16-13-9-11(4-7-17-13)14(22)20-12-3-1-8-21(10-12)15-18-5-2-6-19-15/h2,4-7,9,12H,1,3,8,10H2,(H,20,22). The van der Waals surface area contributed by atoms with Crippen LogP contribution in [0.25, 0.3) is 0 Å². The minimum absolute atomic E-state index is 0.0667. The normalized spacial score (nSPS) is 18.0. The average molecular weight is 318 g/mol. The van der Waals surface area contributed by atoms with Gasteiger partial charge in [0, 0.05) is 43.3 Å². The summed E-state index contributed by atoms with van der Waals surface area (Å²) >= 11 is 5.82. The number of nitrogens with zero attached hydrogens (tertiary/aromatic N) is 4. The van der Waals surface area contributed by atoms with Gasteiger partial charge in [-0.3, -0.25) is 4.79 Å². The Labute approximate surface area is 133 Å².